The third-order valence-electron chi connectivity index (χ3n) is 6.00. The van der Waals surface area contributed by atoms with Gasteiger partial charge in [0, 0.05) is 24.1 Å². The normalized spacial score (nSPS) is 18.6. The molecule has 2 aliphatic heterocycles. The third-order valence-corrected chi connectivity index (χ3v) is 7.56. The van der Waals surface area contributed by atoms with Crippen LogP contribution in [0.5, 0.6) is 11.5 Å². The molecule has 0 unspecified atom stereocenters. The Hall–Kier alpha value is -3.38. The smallest absolute Gasteiger partial charge is 0.508 e. The van der Waals surface area contributed by atoms with Gasteiger partial charge in [0.05, 0.1) is 0 Å². The number of hydrogen-bond acceptors (Lipinski definition) is 6. The molecular formula is C23H22F3N3O5S. The Labute approximate surface area is 199 Å². The molecule has 186 valence electrons. The zero-order chi connectivity index (χ0) is 25.4. The van der Waals surface area contributed by atoms with E-state index in [4.69, 9.17) is 0 Å². The molecule has 8 nitrogen and oxygen atoms in total. The Bertz CT molecular complexity index is 1310. The van der Waals surface area contributed by atoms with Crippen molar-refractivity contribution < 1.29 is 36.2 Å². The van der Waals surface area contributed by atoms with Crippen LogP contribution in [0.2, 0.25) is 0 Å². The van der Waals surface area contributed by atoms with Crippen LogP contribution in [-0.4, -0.2) is 54.6 Å². The Morgan fingerprint density at radius 3 is 2.54 bits per heavy atom. The number of nitrogens with one attached hydrogen (secondary N) is 1. The molecule has 0 bridgehead atoms. The first kappa shape index (κ1) is 24.7. The van der Waals surface area contributed by atoms with Gasteiger partial charge in [-0.05, 0) is 55.2 Å². The quantitative estimate of drug-likeness (QED) is 0.643. The number of carbonyl (C=O) groups is 1. The number of aromatic hydroxyl groups is 1. The highest BCUT2D eigenvalue weighted by molar-refractivity contribution is 7.92. The van der Waals surface area contributed by atoms with Crippen molar-refractivity contribution in [2.75, 3.05) is 13.1 Å². The first-order valence-corrected chi connectivity index (χ1v) is 12.1. The molecule has 0 saturated carbocycles. The van der Waals surface area contributed by atoms with E-state index in [-0.39, 0.29) is 43.1 Å². The number of hydrogen-bond donors (Lipinski definition) is 2. The number of benzene rings is 2. The van der Waals surface area contributed by atoms with E-state index in [1.807, 2.05) is 0 Å². The van der Waals surface area contributed by atoms with Gasteiger partial charge in [0.2, 0.25) is 10.0 Å². The van der Waals surface area contributed by atoms with Crippen LogP contribution in [0.15, 0.2) is 52.9 Å². The van der Waals surface area contributed by atoms with Gasteiger partial charge in [-0.25, -0.2) is 8.42 Å². The van der Waals surface area contributed by atoms with E-state index in [9.17, 15) is 31.5 Å². The van der Waals surface area contributed by atoms with Crippen LogP contribution in [0.3, 0.4) is 0 Å². The lowest BCUT2D eigenvalue weighted by Crippen LogP contribution is -2.50. The number of nitrogens with zero attached hydrogens (tertiary/aromatic N) is 2. The number of amidine groups is 1. The summed E-state index contributed by atoms with van der Waals surface area (Å²) < 4.78 is 68.4. The first-order chi connectivity index (χ1) is 16.4. The summed E-state index contributed by atoms with van der Waals surface area (Å²) in [5.74, 6) is -0.709. The summed E-state index contributed by atoms with van der Waals surface area (Å²) in [7, 11) is -3.80. The number of phenols is 1. The number of aliphatic imine (C=N–C) groups is 1. The molecule has 1 amide bonds. The van der Waals surface area contributed by atoms with Crippen LogP contribution in [0.1, 0.15) is 29.5 Å². The Morgan fingerprint density at radius 2 is 1.86 bits per heavy atom. The number of phenolic OH excluding ortho intramolecular Hbond substituents is 1. The van der Waals surface area contributed by atoms with Crippen molar-refractivity contribution in [2.45, 2.75) is 31.7 Å². The SMILES string of the molecule is Cc1c(O)cccc1/C=C/S(=O)(=O)N1CCC2(CC1)N=C(c1cccc(OC(F)(F)F)c1)NC2=O. The molecule has 2 N–H and O–H groups in total. The standard InChI is InChI=1S/C23H22F3N3O5S/c1-15-16(4-3-7-19(15)30)8-13-35(32,33)29-11-9-22(10-12-29)21(31)27-20(28-22)17-5-2-6-18(14-17)34-23(24,25)26/h2-8,13-14,30H,9-12H2,1H3,(H,27,28,31)/b13-8+. The van der Waals surface area contributed by atoms with Gasteiger partial charge in [0.1, 0.15) is 22.9 Å². The van der Waals surface area contributed by atoms with Gasteiger partial charge in [0.15, 0.2) is 0 Å². The van der Waals surface area contributed by atoms with Crippen molar-refractivity contribution in [1.82, 2.24) is 9.62 Å². The molecular weight excluding hydrogens is 487 g/mol. The topological polar surface area (TPSA) is 108 Å². The lowest BCUT2D eigenvalue weighted by atomic mass is 9.89. The van der Waals surface area contributed by atoms with E-state index >= 15 is 0 Å². The second-order valence-corrected chi connectivity index (χ2v) is 10.1. The van der Waals surface area contributed by atoms with Crippen molar-refractivity contribution in [3.8, 4) is 11.5 Å². The fourth-order valence-corrected chi connectivity index (χ4v) is 5.19. The van der Waals surface area contributed by atoms with Gasteiger partial charge in [-0.15, -0.1) is 13.2 Å². The van der Waals surface area contributed by atoms with Crippen LogP contribution in [0, 0.1) is 6.92 Å². The zero-order valence-electron chi connectivity index (χ0n) is 18.5. The maximum absolute atomic E-state index is 12.8. The molecule has 1 spiro atoms. The minimum atomic E-state index is -4.85. The third kappa shape index (κ3) is 5.33. The summed E-state index contributed by atoms with van der Waals surface area (Å²) in [5, 5.41) is 13.4. The highest BCUT2D eigenvalue weighted by Gasteiger charge is 2.47. The number of carbonyl (C=O) groups excluding carboxylic acids is 1. The van der Waals surface area contributed by atoms with Crippen molar-refractivity contribution in [3.05, 3.63) is 64.6 Å². The van der Waals surface area contributed by atoms with Gasteiger partial charge in [-0.1, -0.05) is 24.3 Å². The van der Waals surface area contributed by atoms with Gasteiger partial charge < -0.3 is 15.2 Å². The monoisotopic (exact) mass is 509 g/mol. The van der Waals surface area contributed by atoms with E-state index < -0.39 is 33.6 Å². The zero-order valence-corrected chi connectivity index (χ0v) is 19.4. The molecule has 1 saturated heterocycles. The predicted octanol–water partition coefficient (Wildman–Crippen LogP) is 3.31. The molecule has 1 fully saturated rings. The summed E-state index contributed by atoms with van der Waals surface area (Å²) in [5.41, 5.74) is 0.152. The van der Waals surface area contributed by atoms with E-state index in [1.54, 1.807) is 19.1 Å². The summed E-state index contributed by atoms with van der Waals surface area (Å²) in [6, 6.07) is 9.91. The van der Waals surface area contributed by atoms with E-state index in [2.05, 4.69) is 15.0 Å². The highest BCUT2D eigenvalue weighted by Crippen LogP contribution is 2.33. The van der Waals surface area contributed by atoms with Crippen LogP contribution in [-0.2, 0) is 14.8 Å². The predicted molar refractivity (Wildman–Crippen MR) is 122 cm³/mol. The fraction of sp³-hybridized carbons (Fsp3) is 0.304. The van der Waals surface area contributed by atoms with Crippen molar-refractivity contribution in [1.29, 1.82) is 0 Å². The molecule has 12 heteroatoms. The highest BCUT2D eigenvalue weighted by atomic mass is 32.2. The molecule has 2 heterocycles. The van der Waals surface area contributed by atoms with Crippen molar-refractivity contribution in [3.63, 3.8) is 0 Å². The summed E-state index contributed by atoms with van der Waals surface area (Å²) >= 11 is 0. The molecule has 2 aliphatic rings. The Kier molecular flexibility index (Phi) is 6.36. The molecule has 4 rings (SSSR count). The molecule has 0 radical (unpaired) electrons. The van der Waals surface area contributed by atoms with Crippen LogP contribution >= 0.6 is 0 Å². The van der Waals surface area contributed by atoms with Crippen molar-refractivity contribution >= 4 is 27.8 Å². The molecule has 2 aromatic rings. The Balaban J connectivity index is 1.48. The number of alkyl halides is 3. The van der Waals surface area contributed by atoms with Gasteiger partial charge >= 0.3 is 6.36 Å². The average molecular weight is 510 g/mol. The van der Waals surface area contributed by atoms with Crippen LogP contribution < -0.4 is 10.1 Å². The number of halogens is 3. The number of piperidine rings is 1. The minimum Gasteiger partial charge on any atom is -0.508 e. The molecule has 0 atom stereocenters. The first-order valence-electron chi connectivity index (χ1n) is 10.6. The summed E-state index contributed by atoms with van der Waals surface area (Å²) in [6.07, 6.45) is -3.23. The van der Waals surface area contributed by atoms with Crippen LogP contribution in [0.4, 0.5) is 13.2 Å². The minimum absolute atomic E-state index is 0.0348. The lowest BCUT2D eigenvalue weighted by Gasteiger charge is -2.34. The lowest BCUT2D eigenvalue weighted by molar-refractivity contribution is -0.274. The van der Waals surface area contributed by atoms with E-state index in [0.717, 1.165) is 17.5 Å². The number of rotatable bonds is 5. The molecule has 0 aliphatic carbocycles. The second kappa shape index (κ2) is 9.00. The van der Waals surface area contributed by atoms with Crippen molar-refractivity contribution in [2.24, 2.45) is 4.99 Å². The number of amides is 1. The number of sulfonamides is 1. The fourth-order valence-electron chi connectivity index (χ4n) is 4.01. The maximum Gasteiger partial charge on any atom is 0.573 e. The summed E-state index contributed by atoms with van der Waals surface area (Å²) in [6.45, 7) is 1.74. The maximum atomic E-state index is 12.8. The summed E-state index contributed by atoms with van der Waals surface area (Å²) in [4.78, 5) is 17.2. The average Bonchev–Trinajstić information content (AvgIpc) is 3.10. The molecule has 35 heavy (non-hydrogen) atoms. The van der Waals surface area contributed by atoms with Gasteiger partial charge in [0.25, 0.3) is 5.91 Å². The van der Waals surface area contributed by atoms with Gasteiger partial charge in [-0.3, -0.25) is 9.79 Å². The second-order valence-electron chi connectivity index (χ2n) is 8.26. The Morgan fingerprint density at radius 1 is 1.17 bits per heavy atom. The largest absolute Gasteiger partial charge is 0.573 e. The van der Waals surface area contributed by atoms with E-state index in [0.29, 0.717) is 11.1 Å². The van der Waals surface area contributed by atoms with Gasteiger partial charge in [-0.2, -0.15) is 4.31 Å². The van der Waals surface area contributed by atoms with E-state index in [1.165, 1.54) is 28.6 Å². The number of ether oxygens (including phenoxy) is 1. The molecule has 2 aromatic carbocycles. The molecule has 0 aromatic heterocycles. The van der Waals surface area contributed by atoms with Crippen LogP contribution in [0.25, 0.3) is 6.08 Å².